The molecule has 0 aliphatic carbocycles. The summed E-state index contributed by atoms with van der Waals surface area (Å²) in [7, 11) is 0. The Morgan fingerprint density at radius 3 is 2.53 bits per heavy atom. The van der Waals surface area contributed by atoms with Crippen LogP contribution in [0.1, 0.15) is 50.1 Å². The van der Waals surface area contributed by atoms with E-state index in [9.17, 15) is 4.79 Å². The quantitative estimate of drug-likeness (QED) is 0.847. The highest BCUT2D eigenvalue weighted by Crippen LogP contribution is 2.19. The number of rotatable bonds is 6. The number of hydrogen-bond donors (Lipinski definition) is 1. The van der Waals surface area contributed by atoms with Crippen molar-refractivity contribution in [1.82, 2.24) is 5.32 Å². The lowest BCUT2D eigenvalue weighted by Crippen LogP contribution is -2.34. The molecule has 19 heavy (non-hydrogen) atoms. The maximum absolute atomic E-state index is 12.2. The number of fused-ring (bicyclic) bond motifs is 1. The fourth-order valence-corrected chi connectivity index (χ4v) is 2.34. The second-order valence-electron chi connectivity index (χ2n) is 4.90. The highest BCUT2D eigenvalue weighted by atomic mass is 16.3. The first-order chi connectivity index (χ1) is 9.24. The van der Waals surface area contributed by atoms with Crippen LogP contribution in [0.15, 0.2) is 34.7 Å². The highest BCUT2D eigenvalue weighted by molar-refractivity contribution is 5.96. The Labute approximate surface area is 114 Å². The number of para-hydroxylation sites is 1. The molecule has 0 saturated carbocycles. The van der Waals surface area contributed by atoms with Gasteiger partial charge in [-0.3, -0.25) is 4.79 Å². The van der Waals surface area contributed by atoms with Crippen molar-refractivity contribution in [2.45, 2.75) is 45.6 Å². The Hall–Kier alpha value is -1.77. The van der Waals surface area contributed by atoms with Crippen LogP contribution in [-0.4, -0.2) is 11.9 Å². The van der Waals surface area contributed by atoms with Crippen molar-refractivity contribution in [2.75, 3.05) is 0 Å². The van der Waals surface area contributed by atoms with E-state index in [0.29, 0.717) is 5.76 Å². The molecular weight excluding hydrogens is 238 g/mol. The minimum absolute atomic E-state index is 0.108. The number of carbonyl (C=O) groups excluding carboxylic acids is 1. The molecule has 0 radical (unpaired) electrons. The average molecular weight is 259 g/mol. The van der Waals surface area contributed by atoms with E-state index in [1.54, 1.807) is 6.07 Å². The van der Waals surface area contributed by atoms with Gasteiger partial charge in [0.25, 0.3) is 5.91 Å². The molecule has 1 heterocycles. The number of amides is 1. The summed E-state index contributed by atoms with van der Waals surface area (Å²) in [5.41, 5.74) is 0.759. The van der Waals surface area contributed by atoms with E-state index in [1.807, 2.05) is 24.3 Å². The Balaban J connectivity index is 2.09. The van der Waals surface area contributed by atoms with Crippen molar-refractivity contribution >= 4 is 16.9 Å². The van der Waals surface area contributed by atoms with Gasteiger partial charge in [0, 0.05) is 11.4 Å². The van der Waals surface area contributed by atoms with Gasteiger partial charge in [0.2, 0.25) is 0 Å². The summed E-state index contributed by atoms with van der Waals surface area (Å²) in [5, 5.41) is 4.03. The second-order valence-corrected chi connectivity index (χ2v) is 4.90. The molecular formula is C16H21NO2. The lowest BCUT2D eigenvalue weighted by molar-refractivity contribution is 0.0906. The summed E-state index contributed by atoms with van der Waals surface area (Å²) in [5.74, 6) is 0.293. The summed E-state index contributed by atoms with van der Waals surface area (Å²) in [6, 6.07) is 9.73. The molecule has 1 aromatic carbocycles. The summed E-state index contributed by atoms with van der Waals surface area (Å²) in [4.78, 5) is 12.2. The molecule has 1 N–H and O–H groups in total. The number of benzene rings is 1. The SMILES string of the molecule is CCCC(CCC)NC(=O)c1cc2ccccc2o1. The van der Waals surface area contributed by atoms with Gasteiger partial charge in [0.05, 0.1) is 0 Å². The van der Waals surface area contributed by atoms with Crippen LogP contribution in [-0.2, 0) is 0 Å². The zero-order valence-corrected chi connectivity index (χ0v) is 11.6. The van der Waals surface area contributed by atoms with Gasteiger partial charge in [0.15, 0.2) is 5.76 Å². The molecule has 1 aromatic heterocycles. The zero-order chi connectivity index (χ0) is 13.7. The van der Waals surface area contributed by atoms with Crippen LogP contribution in [0.5, 0.6) is 0 Å². The van der Waals surface area contributed by atoms with Gasteiger partial charge in [-0.15, -0.1) is 0 Å². The van der Waals surface area contributed by atoms with Crippen molar-refractivity contribution in [3.05, 3.63) is 36.1 Å². The summed E-state index contributed by atoms with van der Waals surface area (Å²) in [6.45, 7) is 4.27. The molecule has 102 valence electrons. The van der Waals surface area contributed by atoms with Gasteiger partial charge < -0.3 is 9.73 Å². The molecule has 0 bridgehead atoms. The van der Waals surface area contributed by atoms with Crippen LogP contribution in [0.25, 0.3) is 11.0 Å². The van der Waals surface area contributed by atoms with E-state index in [2.05, 4.69) is 19.2 Å². The van der Waals surface area contributed by atoms with Gasteiger partial charge in [-0.2, -0.15) is 0 Å². The van der Waals surface area contributed by atoms with Crippen molar-refractivity contribution in [3.63, 3.8) is 0 Å². The number of hydrogen-bond acceptors (Lipinski definition) is 2. The summed E-state index contributed by atoms with van der Waals surface area (Å²) in [6.07, 6.45) is 4.18. The van der Waals surface area contributed by atoms with Crippen molar-refractivity contribution in [3.8, 4) is 0 Å². The highest BCUT2D eigenvalue weighted by Gasteiger charge is 2.16. The largest absolute Gasteiger partial charge is 0.451 e. The number of carbonyl (C=O) groups is 1. The average Bonchev–Trinajstić information content (AvgIpc) is 2.83. The van der Waals surface area contributed by atoms with E-state index in [0.717, 1.165) is 36.7 Å². The molecule has 0 unspecified atom stereocenters. The first-order valence-corrected chi connectivity index (χ1v) is 7.04. The Morgan fingerprint density at radius 1 is 1.21 bits per heavy atom. The minimum Gasteiger partial charge on any atom is -0.451 e. The first-order valence-electron chi connectivity index (χ1n) is 7.04. The lowest BCUT2D eigenvalue weighted by atomic mass is 10.1. The van der Waals surface area contributed by atoms with Crippen molar-refractivity contribution in [1.29, 1.82) is 0 Å². The van der Waals surface area contributed by atoms with Crippen LogP contribution in [0.2, 0.25) is 0 Å². The number of nitrogens with one attached hydrogen (secondary N) is 1. The molecule has 0 aliphatic heterocycles. The fourth-order valence-electron chi connectivity index (χ4n) is 2.34. The third-order valence-electron chi connectivity index (χ3n) is 3.26. The van der Waals surface area contributed by atoms with Crippen LogP contribution in [0.3, 0.4) is 0 Å². The van der Waals surface area contributed by atoms with Gasteiger partial charge >= 0.3 is 0 Å². The normalized spacial score (nSPS) is 11.1. The molecule has 0 saturated heterocycles. The predicted octanol–water partition coefficient (Wildman–Crippen LogP) is 4.13. The fraction of sp³-hybridized carbons (Fsp3) is 0.438. The third kappa shape index (κ3) is 3.37. The van der Waals surface area contributed by atoms with E-state index >= 15 is 0 Å². The molecule has 0 spiro atoms. The third-order valence-corrected chi connectivity index (χ3v) is 3.26. The molecule has 2 aromatic rings. The molecule has 1 amide bonds. The van der Waals surface area contributed by atoms with Gasteiger partial charge in [-0.1, -0.05) is 44.9 Å². The Kier molecular flexibility index (Phi) is 4.61. The van der Waals surface area contributed by atoms with Crippen LogP contribution in [0.4, 0.5) is 0 Å². The maximum atomic E-state index is 12.2. The standard InChI is InChI=1S/C16H21NO2/c1-3-7-13(8-4-2)17-16(18)15-11-12-9-5-6-10-14(12)19-15/h5-6,9-11,13H,3-4,7-8H2,1-2H3,(H,17,18). The summed E-state index contributed by atoms with van der Waals surface area (Å²) >= 11 is 0. The molecule has 3 nitrogen and oxygen atoms in total. The van der Waals surface area contributed by atoms with Gasteiger partial charge in [-0.25, -0.2) is 0 Å². The molecule has 2 rings (SSSR count). The van der Waals surface area contributed by atoms with Crippen LogP contribution < -0.4 is 5.32 Å². The first kappa shape index (κ1) is 13.7. The van der Waals surface area contributed by atoms with Crippen molar-refractivity contribution < 1.29 is 9.21 Å². The van der Waals surface area contributed by atoms with Crippen LogP contribution in [0, 0.1) is 0 Å². The lowest BCUT2D eigenvalue weighted by Gasteiger charge is -2.16. The van der Waals surface area contributed by atoms with E-state index in [4.69, 9.17) is 4.42 Å². The monoisotopic (exact) mass is 259 g/mol. The van der Waals surface area contributed by atoms with E-state index in [1.165, 1.54) is 0 Å². The van der Waals surface area contributed by atoms with Gasteiger partial charge in [-0.05, 0) is 25.0 Å². The molecule has 0 aliphatic rings. The van der Waals surface area contributed by atoms with Crippen molar-refractivity contribution in [2.24, 2.45) is 0 Å². The maximum Gasteiger partial charge on any atom is 0.287 e. The Bertz CT molecular complexity index is 505. The topological polar surface area (TPSA) is 42.2 Å². The number of furan rings is 1. The predicted molar refractivity (Wildman–Crippen MR) is 77.3 cm³/mol. The minimum atomic E-state index is -0.108. The molecule has 0 fully saturated rings. The molecule has 3 heteroatoms. The van der Waals surface area contributed by atoms with Crippen LogP contribution >= 0.6 is 0 Å². The Morgan fingerprint density at radius 2 is 1.89 bits per heavy atom. The summed E-state index contributed by atoms with van der Waals surface area (Å²) < 4.78 is 5.57. The second kappa shape index (κ2) is 6.41. The molecule has 0 atom stereocenters. The van der Waals surface area contributed by atoms with E-state index in [-0.39, 0.29) is 11.9 Å². The zero-order valence-electron chi connectivity index (χ0n) is 11.6. The van der Waals surface area contributed by atoms with E-state index < -0.39 is 0 Å². The van der Waals surface area contributed by atoms with Gasteiger partial charge in [0.1, 0.15) is 5.58 Å². The smallest absolute Gasteiger partial charge is 0.287 e.